The van der Waals surface area contributed by atoms with Crippen LogP contribution in [0.5, 0.6) is 11.5 Å². The zero-order valence-corrected chi connectivity index (χ0v) is 18.8. The number of carbonyl (C=O) groups excluding carboxylic acids is 1. The molecule has 31 heavy (non-hydrogen) atoms. The van der Waals surface area contributed by atoms with Gasteiger partial charge >= 0.3 is 7.60 Å². The summed E-state index contributed by atoms with van der Waals surface area (Å²) in [5.41, 5.74) is 2.08. The van der Waals surface area contributed by atoms with Crippen LogP contribution in [0.4, 0.5) is 5.13 Å². The lowest BCUT2D eigenvalue weighted by Crippen LogP contribution is -2.11. The molecule has 0 saturated heterocycles. The van der Waals surface area contributed by atoms with Crippen molar-refractivity contribution in [3.63, 3.8) is 0 Å². The van der Waals surface area contributed by atoms with Crippen LogP contribution in [0.2, 0.25) is 0 Å². The topological polar surface area (TPSA) is 118 Å². The predicted molar refractivity (Wildman–Crippen MR) is 120 cm³/mol. The van der Waals surface area contributed by atoms with Crippen molar-refractivity contribution in [1.82, 2.24) is 4.98 Å². The fraction of sp³-hybridized carbons (Fsp3) is 0.238. The summed E-state index contributed by atoms with van der Waals surface area (Å²) in [7, 11) is -3.21. The number of hydrogen-bond donors (Lipinski definition) is 3. The SMILES string of the molecule is CCOP(=O)(Cc1ccc(C(=O)Nc2nc(-c3ccc(O)cc3O)cs2)cc1)OCC. The van der Waals surface area contributed by atoms with Gasteiger partial charge in [-0.1, -0.05) is 12.1 Å². The van der Waals surface area contributed by atoms with Gasteiger partial charge in [0.25, 0.3) is 5.91 Å². The van der Waals surface area contributed by atoms with E-state index < -0.39 is 7.60 Å². The minimum atomic E-state index is -3.21. The van der Waals surface area contributed by atoms with Gasteiger partial charge in [-0.05, 0) is 43.7 Å². The number of rotatable bonds is 9. The maximum Gasteiger partial charge on any atom is 0.335 e. The fourth-order valence-electron chi connectivity index (χ4n) is 2.87. The molecule has 0 unspecified atom stereocenters. The quantitative estimate of drug-likeness (QED) is 0.372. The molecular weight excluding hydrogens is 439 g/mol. The Balaban J connectivity index is 1.67. The maximum atomic E-state index is 12.6. The van der Waals surface area contributed by atoms with Crippen molar-refractivity contribution in [3.8, 4) is 22.8 Å². The van der Waals surface area contributed by atoms with Gasteiger partial charge in [-0.15, -0.1) is 11.3 Å². The van der Waals surface area contributed by atoms with Gasteiger partial charge in [-0.3, -0.25) is 14.7 Å². The largest absolute Gasteiger partial charge is 0.508 e. The molecule has 2 aromatic carbocycles. The minimum Gasteiger partial charge on any atom is -0.508 e. The molecule has 0 saturated carbocycles. The van der Waals surface area contributed by atoms with E-state index >= 15 is 0 Å². The highest BCUT2D eigenvalue weighted by Crippen LogP contribution is 2.51. The fourth-order valence-corrected chi connectivity index (χ4v) is 5.28. The summed E-state index contributed by atoms with van der Waals surface area (Å²) in [5, 5.41) is 24.2. The molecule has 0 aliphatic heterocycles. The first kappa shape index (κ1) is 23.0. The van der Waals surface area contributed by atoms with E-state index in [0.29, 0.717) is 22.0 Å². The molecule has 1 heterocycles. The first-order valence-corrected chi connectivity index (χ1v) is 12.2. The van der Waals surface area contributed by atoms with E-state index in [1.165, 1.54) is 23.5 Å². The van der Waals surface area contributed by atoms with E-state index in [2.05, 4.69) is 10.3 Å². The highest BCUT2D eigenvalue weighted by atomic mass is 32.1. The van der Waals surface area contributed by atoms with Crippen molar-refractivity contribution < 1.29 is 28.6 Å². The average Bonchev–Trinajstić information content (AvgIpc) is 3.16. The number of anilines is 1. The highest BCUT2D eigenvalue weighted by Gasteiger charge is 2.24. The van der Waals surface area contributed by atoms with Crippen LogP contribution in [0.1, 0.15) is 29.8 Å². The molecular formula is C21H23N2O6PS. The Labute approximate surface area is 184 Å². The lowest BCUT2D eigenvalue weighted by molar-refractivity contribution is 0.102. The summed E-state index contributed by atoms with van der Waals surface area (Å²) >= 11 is 1.22. The molecule has 0 fully saturated rings. The molecule has 164 valence electrons. The molecule has 3 rings (SSSR count). The van der Waals surface area contributed by atoms with Gasteiger partial charge in [-0.2, -0.15) is 0 Å². The number of phenols is 2. The number of phenolic OH excluding ortho intramolecular Hbond substituents is 2. The van der Waals surface area contributed by atoms with Crippen LogP contribution in [0.15, 0.2) is 47.8 Å². The smallest absolute Gasteiger partial charge is 0.335 e. The number of aromatic hydroxyl groups is 2. The molecule has 3 N–H and O–H groups in total. The van der Waals surface area contributed by atoms with E-state index in [1.54, 1.807) is 49.6 Å². The first-order valence-electron chi connectivity index (χ1n) is 9.60. The van der Waals surface area contributed by atoms with Gasteiger partial charge in [0.15, 0.2) is 5.13 Å². The van der Waals surface area contributed by atoms with E-state index in [0.717, 1.165) is 5.56 Å². The summed E-state index contributed by atoms with van der Waals surface area (Å²) < 4.78 is 23.2. The molecule has 0 radical (unpaired) electrons. The Morgan fingerprint density at radius 2 is 1.77 bits per heavy atom. The van der Waals surface area contributed by atoms with Crippen molar-refractivity contribution in [1.29, 1.82) is 0 Å². The second-order valence-electron chi connectivity index (χ2n) is 6.49. The monoisotopic (exact) mass is 462 g/mol. The van der Waals surface area contributed by atoms with Gasteiger partial charge in [0.1, 0.15) is 11.5 Å². The van der Waals surface area contributed by atoms with Crippen LogP contribution in [-0.4, -0.2) is 34.3 Å². The summed E-state index contributed by atoms with van der Waals surface area (Å²) in [6.07, 6.45) is 0.128. The Morgan fingerprint density at radius 1 is 1.10 bits per heavy atom. The van der Waals surface area contributed by atoms with Crippen molar-refractivity contribution in [3.05, 3.63) is 59.0 Å². The molecule has 0 aliphatic carbocycles. The van der Waals surface area contributed by atoms with Gasteiger partial charge in [0.2, 0.25) is 0 Å². The number of nitrogens with one attached hydrogen (secondary N) is 1. The van der Waals surface area contributed by atoms with Crippen LogP contribution < -0.4 is 5.32 Å². The summed E-state index contributed by atoms with van der Waals surface area (Å²) in [6, 6.07) is 10.9. The third kappa shape index (κ3) is 5.92. The van der Waals surface area contributed by atoms with E-state index in [-0.39, 0.29) is 36.8 Å². The van der Waals surface area contributed by atoms with Gasteiger partial charge in [-0.25, -0.2) is 4.98 Å². The highest BCUT2D eigenvalue weighted by molar-refractivity contribution is 7.53. The number of hydrogen-bond acceptors (Lipinski definition) is 8. The molecule has 10 heteroatoms. The zero-order chi connectivity index (χ0) is 22.4. The first-order chi connectivity index (χ1) is 14.8. The number of thiazole rings is 1. The Bertz CT molecular complexity index is 1090. The van der Waals surface area contributed by atoms with Crippen molar-refractivity contribution in [2.75, 3.05) is 18.5 Å². The van der Waals surface area contributed by atoms with Crippen LogP contribution in [-0.2, 0) is 19.8 Å². The third-order valence-corrected chi connectivity index (χ3v) is 7.04. The standard InChI is InChI=1S/C21H23N2O6PS/c1-3-28-30(27,29-4-2)12-14-5-7-15(8-6-14)20(26)23-21-22-18(13-31-21)17-10-9-16(24)11-19(17)25/h5-11,13,24-25H,3-4,12H2,1-2H3,(H,22,23,26). The van der Waals surface area contributed by atoms with E-state index in [9.17, 15) is 19.6 Å². The molecule has 3 aromatic rings. The third-order valence-electron chi connectivity index (χ3n) is 4.23. The Kier molecular flexibility index (Phi) is 7.46. The van der Waals surface area contributed by atoms with Gasteiger partial charge in [0.05, 0.1) is 25.1 Å². The number of amides is 1. The molecule has 0 bridgehead atoms. The lowest BCUT2D eigenvalue weighted by Gasteiger charge is -2.17. The van der Waals surface area contributed by atoms with Crippen LogP contribution in [0.25, 0.3) is 11.3 Å². The average molecular weight is 462 g/mol. The van der Waals surface area contributed by atoms with E-state index in [1.807, 2.05) is 0 Å². The van der Waals surface area contributed by atoms with Crippen LogP contribution in [0.3, 0.4) is 0 Å². The maximum absolute atomic E-state index is 12.6. The van der Waals surface area contributed by atoms with Gasteiger partial charge in [0, 0.05) is 22.6 Å². The second-order valence-corrected chi connectivity index (χ2v) is 9.41. The van der Waals surface area contributed by atoms with Crippen molar-refractivity contribution in [2.24, 2.45) is 0 Å². The molecule has 0 atom stereocenters. The molecule has 0 aliphatic rings. The lowest BCUT2D eigenvalue weighted by atomic mass is 10.1. The Morgan fingerprint density at radius 3 is 2.39 bits per heavy atom. The van der Waals surface area contributed by atoms with E-state index in [4.69, 9.17) is 9.05 Å². The molecule has 1 amide bonds. The normalized spacial score (nSPS) is 11.4. The number of carbonyl (C=O) groups is 1. The van der Waals surface area contributed by atoms with Crippen molar-refractivity contribution in [2.45, 2.75) is 20.0 Å². The van der Waals surface area contributed by atoms with Gasteiger partial charge < -0.3 is 19.3 Å². The molecule has 0 spiro atoms. The Hall–Kier alpha value is -2.71. The number of aromatic nitrogens is 1. The molecule has 8 nitrogen and oxygen atoms in total. The zero-order valence-electron chi connectivity index (χ0n) is 17.1. The van der Waals surface area contributed by atoms with Crippen LogP contribution >= 0.6 is 18.9 Å². The number of benzene rings is 2. The molecule has 1 aromatic heterocycles. The second kappa shape index (κ2) is 10.1. The number of nitrogens with zero attached hydrogens (tertiary/aromatic N) is 1. The summed E-state index contributed by atoms with van der Waals surface area (Å²) in [6.45, 7) is 4.09. The predicted octanol–water partition coefficient (Wildman–Crippen LogP) is 5.24. The summed E-state index contributed by atoms with van der Waals surface area (Å²) in [4.78, 5) is 16.9. The summed E-state index contributed by atoms with van der Waals surface area (Å²) in [5.74, 6) is -0.498. The minimum absolute atomic E-state index is 0.0488. The van der Waals surface area contributed by atoms with Crippen molar-refractivity contribution >= 4 is 30.0 Å². The van der Waals surface area contributed by atoms with Crippen LogP contribution in [0, 0.1) is 0 Å².